The summed E-state index contributed by atoms with van der Waals surface area (Å²) in [4.78, 5) is 25.9. The molecule has 0 saturated heterocycles. The highest BCUT2D eigenvalue weighted by molar-refractivity contribution is 8.00. The Labute approximate surface area is 160 Å². The molecule has 2 unspecified atom stereocenters. The fourth-order valence-corrected chi connectivity index (χ4v) is 7.08. The zero-order valence-corrected chi connectivity index (χ0v) is 16.8. The number of fused-ring (bicyclic) bond motifs is 1. The van der Waals surface area contributed by atoms with Crippen molar-refractivity contribution in [3.05, 3.63) is 21.7 Å². The van der Waals surface area contributed by atoms with Crippen LogP contribution in [0.1, 0.15) is 44.7 Å². The first-order valence-corrected chi connectivity index (χ1v) is 11.3. The number of carbonyl (C=O) groups excluding carboxylic acids is 1. The monoisotopic (exact) mass is 423 g/mol. The summed E-state index contributed by atoms with van der Waals surface area (Å²) in [5.74, 6) is -0.298. The molecule has 1 aromatic rings. The van der Waals surface area contributed by atoms with Crippen LogP contribution in [-0.2, 0) is 19.5 Å². The van der Waals surface area contributed by atoms with Gasteiger partial charge < -0.3 is 10.2 Å². The van der Waals surface area contributed by atoms with Crippen molar-refractivity contribution in [2.75, 3.05) is 13.2 Å². The van der Waals surface area contributed by atoms with Gasteiger partial charge in [0.25, 0.3) is 5.09 Å². The zero-order valence-electron chi connectivity index (χ0n) is 14.4. The van der Waals surface area contributed by atoms with Crippen molar-refractivity contribution in [3.63, 3.8) is 0 Å². The highest BCUT2D eigenvalue weighted by Crippen LogP contribution is 2.43. The molecule has 0 bridgehead atoms. The van der Waals surface area contributed by atoms with Gasteiger partial charge in [0.15, 0.2) is 9.84 Å². The first kappa shape index (κ1) is 20.9. The zero-order chi connectivity index (χ0) is 19.3. The van der Waals surface area contributed by atoms with E-state index in [0.29, 0.717) is 14.8 Å². The number of sulfone groups is 1. The Hall–Kier alpha value is -1.37. The van der Waals surface area contributed by atoms with Crippen molar-refractivity contribution in [3.8, 4) is 0 Å². The van der Waals surface area contributed by atoms with Gasteiger partial charge >= 0.3 is 0 Å². The van der Waals surface area contributed by atoms with Gasteiger partial charge in [0.05, 0.1) is 16.1 Å². The van der Waals surface area contributed by atoms with Crippen molar-refractivity contribution in [2.45, 2.75) is 52.8 Å². The molecule has 9 nitrogen and oxygen atoms in total. The molecule has 0 aromatic carbocycles. The fraction of sp³-hybridized carbons (Fsp3) is 0.643. The lowest BCUT2D eigenvalue weighted by Gasteiger charge is -2.27. The standard InChI is InChI=1S/C14H21N3O6S3/c1-3-15-11-7-9(2)26(21,22)14-10(11)8-13(24-14)25-16-12(18)5-4-6-23-17(19)20/h8-9,11,15H,3-7H2,1-2H3,(H,16,18). The van der Waals surface area contributed by atoms with Crippen LogP contribution in [0.25, 0.3) is 0 Å². The number of hydrogen-bond donors (Lipinski definition) is 2. The topological polar surface area (TPSA) is 128 Å². The smallest absolute Gasteiger partial charge is 0.294 e. The van der Waals surface area contributed by atoms with Gasteiger partial charge in [0.2, 0.25) is 5.91 Å². The van der Waals surface area contributed by atoms with Crippen molar-refractivity contribution < 1.29 is 23.1 Å². The lowest BCUT2D eigenvalue weighted by molar-refractivity contribution is -0.757. The van der Waals surface area contributed by atoms with Crippen LogP contribution in [0.4, 0.5) is 0 Å². The molecule has 1 amide bonds. The molecule has 0 saturated carbocycles. The molecule has 146 valence electrons. The molecule has 0 spiro atoms. The molecule has 1 aliphatic rings. The predicted octanol–water partition coefficient (Wildman–Crippen LogP) is 2.08. The highest BCUT2D eigenvalue weighted by Gasteiger charge is 2.38. The van der Waals surface area contributed by atoms with Crippen LogP contribution in [0.5, 0.6) is 0 Å². The number of carbonyl (C=O) groups is 1. The second-order valence-corrected chi connectivity index (χ2v) is 10.5. The Morgan fingerprint density at radius 3 is 2.92 bits per heavy atom. The van der Waals surface area contributed by atoms with E-state index in [1.165, 1.54) is 0 Å². The Bertz CT molecular complexity index is 764. The van der Waals surface area contributed by atoms with E-state index in [0.717, 1.165) is 35.4 Å². The second kappa shape index (κ2) is 9.02. The average molecular weight is 424 g/mol. The third-order valence-corrected chi connectivity index (χ3v) is 8.73. The van der Waals surface area contributed by atoms with Crippen LogP contribution in [0.3, 0.4) is 0 Å². The van der Waals surface area contributed by atoms with E-state index in [1.54, 1.807) is 13.0 Å². The molecule has 2 rings (SSSR count). The molecule has 2 N–H and O–H groups in total. The quantitative estimate of drug-likeness (QED) is 0.267. The maximum atomic E-state index is 12.6. The van der Waals surface area contributed by atoms with Gasteiger partial charge in [0.1, 0.15) is 4.21 Å². The van der Waals surface area contributed by atoms with Crippen LogP contribution < -0.4 is 10.0 Å². The number of nitrogens with zero attached hydrogens (tertiary/aromatic N) is 1. The summed E-state index contributed by atoms with van der Waals surface area (Å²) in [7, 11) is -3.34. The van der Waals surface area contributed by atoms with E-state index >= 15 is 0 Å². The van der Waals surface area contributed by atoms with Gasteiger partial charge in [0, 0.05) is 12.5 Å². The van der Waals surface area contributed by atoms with Gasteiger partial charge in [-0.3, -0.25) is 9.52 Å². The molecule has 0 fully saturated rings. The van der Waals surface area contributed by atoms with Crippen LogP contribution in [0.2, 0.25) is 0 Å². The number of amides is 1. The number of rotatable bonds is 9. The van der Waals surface area contributed by atoms with Gasteiger partial charge in [-0.05, 0) is 49.9 Å². The first-order valence-electron chi connectivity index (χ1n) is 8.09. The summed E-state index contributed by atoms with van der Waals surface area (Å²) < 4.78 is 28.8. The molecule has 2 heterocycles. The molecule has 0 aliphatic carbocycles. The largest absolute Gasteiger partial charge is 0.314 e. The minimum absolute atomic E-state index is 0.0193. The Balaban J connectivity index is 1.99. The lowest BCUT2D eigenvalue weighted by Crippen LogP contribution is -2.33. The Morgan fingerprint density at radius 1 is 1.54 bits per heavy atom. The summed E-state index contributed by atoms with van der Waals surface area (Å²) in [6, 6.07) is 1.78. The van der Waals surface area contributed by atoms with Crippen molar-refractivity contribution in [1.82, 2.24) is 10.0 Å². The third-order valence-electron chi connectivity index (χ3n) is 3.89. The number of hydrogen-bond acceptors (Lipinski definition) is 9. The Morgan fingerprint density at radius 2 is 2.27 bits per heavy atom. The van der Waals surface area contributed by atoms with Crippen LogP contribution in [0.15, 0.2) is 14.5 Å². The summed E-state index contributed by atoms with van der Waals surface area (Å²) in [6.45, 7) is 4.28. The average Bonchev–Trinajstić information content (AvgIpc) is 3.00. The van der Waals surface area contributed by atoms with Crippen LogP contribution in [-0.4, -0.2) is 37.8 Å². The SMILES string of the molecule is CCNC1CC(C)S(=O)(=O)c2sc(SNC(=O)CCCO[N+](=O)[O-])cc21. The summed E-state index contributed by atoms with van der Waals surface area (Å²) in [5, 5.41) is 12.0. The predicted molar refractivity (Wildman–Crippen MR) is 98.2 cm³/mol. The number of thiophene rings is 1. The minimum Gasteiger partial charge on any atom is -0.314 e. The van der Waals surface area contributed by atoms with Gasteiger partial charge in [-0.25, -0.2) is 8.42 Å². The maximum absolute atomic E-state index is 12.6. The number of nitrogens with one attached hydrogen (secondary N) is 2. The minimum atomic E-state index is -3.34. The van der Waals surface area contributed by atoms with E-state index in [4.69, 9.17) is 0 Å². The molecule has 1 aliphatic heterocycles. The molecular formula is C14H21N3O6S3. The Kier molecular flexibility index (Phi) is 7.26. The molecule has 26 heavy (non-hydrogen) atoms. The third kappa shape index (κ3) is 5.09. The molecule has 2 atom stereocenters. The van der Waals surface area contributed by atoms with Gasteiger partial charge in [-0.2, -0.15) is 0 Å². The van der Waals surface area contributed by atoms with E-state index < -0.39 is 20.2 Å². The van der Waals surface area contributed by atoms with Gasteiger partial charge in [-0.15, -0.1) is 21.5 Å². The van der Waals surface area contributed by atoms with E-state index in [1.807, 2.05) is 6.92 Å². The molecular weight excluding hydrogens is 402 g/mol. The summed E-state index contributed by atoms with van der Waals surface area (Å²) in [5.41, 5.74) is 0.756. The first-order chi connectivity index (χ1) is 12.3. The van der Waals surface area contributed by atoms with Crippen molar-refractivity contribution in [2.24, 2.45) is 0 Å². The van der Waals surface area contributed by atoms with E-state index in [2.05, 4.69) is 14.9 Å². The maximum Gasteiger partial charge on any atom is 0.294 e. The van der Waals surface area contributed by atoms with E-state index in [-0.39, 0.29) is 31.4 Å². The summed E-state index contributed by atoms with van der Waals surface area (Å²) >= 11 is 2.22. The van der Waals surface area contributed by atoms with Crippen molar-refractivity contribution in [1.29, 1.82) is 0 Å². The highest BCUT2D eigenvalue weighted by atomic mass is 32.2. The van der Waals surface area contributed by atoms with E-state index in [9.17, 15) is 23.3 Å². The van der Waals surface area contributed by atoms with Gasteiger partial charge in [-0.1, -0.05) is 6.92 Å². The van der Waals surface area contributed by atoms with Crippen LogP contribution >= 0.6 is 23.3 Å². The van der Waals surface area contributed by atoms with Crippen molar-refractivity contribution >= 4 is 39.0 Å². The lowest BCUT2D eigenvalue weighted by atomic mass is 10.1. The molecule has 1 aromatic heterocycles. The summed E-state index contributed by atoms with van der Waals surface area (Å²) in [6.07, 6.45) is 0.830. The van der Waals surface area contributed by atoms with Crippen LogP contribution in [0, 0.1) is 10.1 Å². The fourth-order valence-electron chi connectivity index (χ4n) is 2.62. The second-order valence-electron chi connectivity index (χ2n) is 5.80. The molecule has 12 heteroatoms. The molecule has 0 radical (unpaired) electrons. The normalized spacial score (nSPS) is 21.0.